The predicted molar refractivity (Wildman–Crippen MR) is 67.6 cm³/mol. The van der Waals surface area contributed by atoms with Crippen molar-refractivity contribution < 1.29 is 17.9 Å². The first kappa shape index (κ1) is 17.7. The van der Waals surface area contributed by atoms with E-state index in [1.165, 1.54) is 0 Å². The van der Waals surface area contributed by atoms with Crippen LogP contribution in [0.1, 0.15) is 40.5 Å². The molecule has 18 heavy (non-hydrogen) atoms. The van der Waals surface area contributed by atoms with E-state index in [9.17, 15) is 13.2 Å². The largest absolute Gasteiger partial charge is 0.411 e. The van der Waals surface area contributed by atoms with Gasteiger partial charge in [0.25, 0.3) is 0 Å². The van der Waals surface area contributed by atoms with Gasteiger partial charge in [-0.2, -0.15) is 13.2 Å². The molecule has 110 valence electrons. The minimum atomic E-state index is -4.22. The first-order valence-corrected chi connectivity index (χ1v) is 6.52. The van der Waals surface area contributed by atoms with Gasteiger partial charge in [0.15, 0.2) is 0 Å². The third-order valence-corrected chi connectivity index (χ3v) is 2.97. The summed E-state index contributed by atoms with van der Waals surface area (Å²) < 4.78 is 40.2. The summed E-state index contributed by atoms with van der Waals surface area (Å²) in [4.78, 5) is 0. The van der Waals surface area contributed by atoms with Gasteiger partial charge >= 0.3 is 6.18 Å². The summed E-state index contributed by atoms with van der Waals surface area (Å²) >= 11 is 0. The van der Waals surface area contributed by atoms with Gasteiger partial charge < -0.3 is 10.1 Å². The minimum absolute atomic E-state index is 0.159. The summed E-state index contributed by atoms with van der Waals surface area (Å²) in [6, 6.07) is 0. The highest BCUT2D eigenvalue weighted by atomic mass is 19.4. The van der Waals surface area contributed by atoms with Crippen LogP contribution in [0.15, 0.2) is 0 Å². The van der Waals surface area contributed by atoms with Crippen molar-refractivity contribution in [2.75, 3.05) is 26.3 Å². The van der Waals surface area contributed by atoms with E-state index >= 15 is 0 Å². The molecule has 0 aliphatic carbocycles. The molecule has 0 aromatic rings. The zero-order chi connectivity index (χ0) is 14.2. The molecule has 2 nitrogen and oxygen atoms in total. The summed E-state index contributed by atoms with van der Waals surface area (Å²) in [6.07, 6.45) is -2.66. The summed E-state index contributed by atoms with van der Waals surface area (Å²) in [6.45, 7) is 9.38. The van der Waals surface area contributed by atoms with Crippen molar-refractivity contribution in [2.45, 2.75) is 46.7 Å². The van der Waals surface area contributed by atoms with Crippen molar-refractivity contribution in [3.05, 3.63) is 0 Å². The average Bonchev–Trinajstić information content (AvgIpc) is 2.18. The van der Waals surface area contributed by atoms with Gasteiger partial charge in [-0.05, 0) is 37.3 Å². The highest BCUT2D eigenvalue weighted by Gasteiger charge is 2.27. The number of alkyl halides is 3. The quantitative estimate of drug-likeness (QED) is 0.680. The Balaban J connectivity index is 3.83. The molecule has 0 radical (unpaired) electrons. The second kappa shape index (κ2) is 8.00. The maximum atomic E-state index is 11.9. The van der Waals surface area contributed by atoms with Crippen molar-refractivity contribution in [3.8, 4) is 0 Å². The molecule has 0 aromatic heterocycles. The van der Waals surface area contributed by atoms with Gasteiger partial charge in [0.2, 0.25) is 0 Å². The predicted octanol–water partition coefficient (Wildman–Crippen LogP) is 3.62. The second-order valence-electron chi connectivity index (χ2n) is 5.68. The summed E-state index contributed by atoms with van der Waals surface area (Å²) in [5, 5.41) is 3.30. The van der Waals surface area contributed by atoms with Crippen LogP contribution in [-0.2, 0) is 4.74 Å². The Kier molecular flexibility index (Phi) is 7.87. The van der Waals surface area contributed by atoms with Crippen molar-refractivity contribution in [1.29, 1.82) is 0 Å². The molecule has 0 saturated carbocycles. The highest BCUT2D eigenvalue weighted by Crippen LogP contribution is 2.29. The fraction of sp³-hybridized carbons (Fsp3) is 1.00. The van der Waals surface area contributed by atoms with E-state index in [1.54, 1.807) is 0 Å². The molecule has 1 unspecified atom stereocenters. The first-order valence-electron chi connectivity index (χ1n) is 6.52. The number of nitrogens with one attached hydrogen (secondary N) is 1. The van der Waals surface area contributed by atoms with Crippen molar-refractivity contribution in [1.82, 2.24) is 5.32 Å². The first-order chi connectivity index (χ1) is 8.17. The third-order valence-electron chi connectivity index (χ3n) is 2.97. The molecule has 5 heteroatoms. The molecular formula is C13H26F3NO. The lowest BCUT2D eigenvalue weighted by Crippen LogP contribution is -2.32. The number of rotatable bonds is 8. The van der Waals surface area contributed by atoms with Gasteiger partial charge in [-0.3, -0.25) is 0 Å². The van der Waals surface area contributed by atoms with Crippen molar-refractivity contribution in [2.24, 2.45) is 11.3 Å². The Morgan fingerprint density at radius 2 is 1.78 bits per heavy atom. The van der Waals surface area contributed by atoms with Crippen molar-refractivity contribution in [3.63, 3.8) is 0 Å². The Morgan fingerprint density at radius 3 is 2.22 bits per heavy atom. The fourth-order valence-corrected chi connectivity index (χ4v) is 1.78. The maximum absolute atomic E-state index is 11.9. The van der Waals surface area contributed by atoms with Gasteiger partial charge in [-0.1, -0.05) is 27.7 Å². The van der Waals surface area contributed by atoms with Gasteiger partial charge in [0.05, 0.1) is 0 Å². The molecule has 0 saturated heterocycles. The van der Waals surface area contributed by atoms with Crippen LogP contribution in [0.3, 0.4) is 0 Å². The normalized spacial score (nSPS) is 14.8. The summed E-state index contributed by atoms with van der Waals surface area (Å²) in [5.41, 5.74) is 0.159. The standard InChI is InChI=1S/C13H26F3NO/c1-5-17-9-11(12(2,3)4)7-6-8-18-10-13(14,15)16/h11,17H,5-10H2,1-4H3. The SMILES string of the molecule is CCNCC(CCCOCC(F)(F)F)C(C)(C)C. The number of halogens is 3. The zero-order valence-corrected chi connectivity index (χ0v) is 11.9. The van der Waals surface area contributed by atoms with Gasteiger partial charge in [0, 0.05) is 6.61 Å². The van der Waals surface area contributed by atoms with Crippen LogP contribution in [0.25, 0.3) is 0 Å². The fourth-order valence-electron chi connectivity index (χ4n) is 1.78. The van der Waals surface area contributed by atoms with E-state index in [0.29, 0.717) is 12.3 Å². The Bertz CT molecular complexity index is 211. The Hall–Kier alpha value is -0.290. The minimum Gasteiger partial charge on any atom is -0.372 e. The van der Waals surface area contributed by atoms with Crippen LogP contribution in [0, 0.1) is 11.3 Å². The van der Waals surface area contributed by atoms with E-state index in [0.717, 1.165) is 19.5 Å². The van der Waals surface area contributed by atoms with E-state index in [4.69, 9.17) is 0 Å². The molecule has 0 bridgehead atoms. The molecule has 0 aliphatic heterocycles. The Labute approximate surface area is 108 Å². The molecule has 0 aromatic carbocycles. The topological polar surface area (TPSA) is 21.3 Å². The molecule has 0 fully saturated rings. The molecular weight excluding hydrogens is 243 g/mol. The zero-order valence-electron chi connectivity index (χ0n) is 11.9. The summed E-state index contributed by atoms with van der Waals surface area (Å²) in [7, 11) is 0. The van der Waals surface area contributed by atoms with Crippen LogP contribution in [-0.4, -0.2) is 32.5 Å². The third kappa shape index (κ3) is 9.71. The monoisotopic (exact) mass is 269 g/mol. The van der Waals surface area contributed by atoms with Gasteiger partial charge in [0.1, 0.15) is 6.61 Å². The highest BCUT2D eigenvalue weighted by molar-refractivity contribution is 4.75. The average molecular weight is 269 g/mol. The number of ether oxygens (including phenoxy) is 1. The summed E-state index contributed by atoms with van der Waals surface area (Å²) in [5.74, 6) is 0.451. The smallest absolute Gasteiger partial charge is 0.372 e. The maximum Gasteiger partial charge on any atom is 0.411 e. The molecule has 0 heterocycles. The van der Waals surface area contributed by atoms with E-state index < -0.39 is 12.8 Å². The lowest BCUT2D eigenvalue weighted by atomic mass is 9.78. The van der Waals surface area contributed by atoms with Crippen molar-refractivity contribution >= 4 is 0 Å². The van der Waals surface area contributed by atoms with E-state index in [-0.39, 0.29) is 12.0 Å². The second-order valence-corrected chi connectivity index (χ2v) is 5.68. The molecule has 0 aliphatic rings. The van der Waals surface area contributed by atoms with Crippen LogP contribution in [0.2, 0.25) is 0 Å². The van der Waals surface area contributed by atoms with E-state index in [2.05, 4.69) is 30.8 Å². The molecule has 1 atom stereocenters. The molecule has 0 amide bonds. The Morgan fingerprint density at radius 1 is 1.17 bits per heavy atom. The van der Waals surface area contributed by atoms with Crippen LogP contribution >= 0.6 is 0 Å². The molecule has 1 N–H and O–H groups in total. The van der Waals surface area contributed by atoms with E-state index in [1.807, 2.05) is 6.92 Å². The molecule has 0 spiro atoms. The van der Waals surface area contributed by atoms with Crippen LogP contribution in [0.5, 0.6) is 0 Å². The van der Waals surface area contributed by atoms with Crippen LogP contribution < -0.4 is 5.32 Å². The molecule has 0 rings (SSSR count). The number of hydrogen-bond donors (Lipinski definition) is 1. The van der Waals surface area contributed by atoms with Gasteiger partial charge in [-0.25, -0.2) is 0 Å². The van der Waals surface area contributed by atoms with Crippen LogP contribution in [0.4, 0.5) is 13.2 Å². The van der Waals surface area contributed by atoms with Gasteiger partial charge in [-0.15, -0.1) is 0 Å². The lowest BCUT2D eigenvalue weighted by Gasteiger charge is -2.31. The number of hydrogen-bond acceptors (Lipinski definition) is 2. The lowest BCUT2D eigenvalue weighted by molar-refractivity contribution is -0.174.